The molecule has 1 heterocycles. The smallest absolute Gasteiger partial charge is 0.0896 e. The first-order valence-electron chi connectivity index (χ1n) is 7.92. The number of hydrogen-bond acceptors (Lipinski definition) is 3. The lowest BCUT2D eigenvalue weighted by Gasteiger charge is -2.39. The summed E-state index contributed by atoms with van der Waals surface area (Å²) < 4.78 is 6.00. The Labute approximate surface area is 122 Å². The molecule has 0 amide bonds. The van der Waals surface area contributed by atoms with Crippen LogP contribution >= 0.6 is 0 Å². The van der Waals surface area contributed by atoms with Gasteiger partial charge in [0.1, 0.15) is 0 Å². The topological polar surface area (TPSA) is 24.5 Å². The fourth-order valence-electron chi connectivity index (χ4n) is 3.17. The number of rotatable bonds is 5. The number of nitrogens with one attached hydrogen (secondary N) is 1. The summed E-state index contributed by atoms with van der Waals surface area (Å²) >= 11 is 0. The average molecular weight is 274 g/mol. The molecule has 3 heteroatoms. The Balaban J connectivity index is 1.75. The van der Waals surface area contributed by atoms with Gasteiger partial charge in [0.25, 0.3) is 0 Å². The standard InChI is InChI=1S/C17H26N2O/c1-3-18-12-16-17(19(2)10-11-20-16)15-8-6-14(7-9-15)13-4-5-13/h6-9,13,16-18H,3-5,10-12H2,1-2H3. The van der Waals surface area contributed by atoms with Gasteiger partial charge in [0.2, 0.25) is 0 Å². The maximum atomic E-state index is 6.00. The minimum absolute atomic E-state index is 0.250. The maximum Gasteiger partial charge on any atom is 0.0896 e. The van der Waals surface area contributed by atoms with Crippen LogP contribution in [0.2, 0.25) is 0 Å². The largest absolute Gasteiger partial charge is 0.374 e. The predicted molar refractivity (Wildman–Crippen MR) is 82.1 cm³/mol. The Hall–Kier alpha value is -0.900. The fraction of sp³-hybridized carbons (Fsp3) is 0.647. The van der Waals surface area contributed by atoms with Crippen LogP contribution in [0.15, 0.2) is 24.3 Å². The van der Waals surface area contributed by atoms with Crippen molar-refractivity contribution in [1.29, 1.82) is 0 Å². The molecule has 20 heavy (non-hydrogen) atoms. The van der Waals surface area contributed by atoms with Gasteiger partial charge in [-0.25, -0.2) is 0 Å². The molecular formula is C17H26N2O. The molecule has 0 radical (unpaired) electrons. The monoisotopic (exact) mass is 274 g/mol. The van der Waals surface area contributed by atoms with Gasteiger partial charge in [-0.1, -0.05) is 31.2 Å². The molecule has 3 rings (SSSR count). The first-order valence-corrected chi connectivity index (χ1v) is 7.92. The molecule has 3 nitrogen and oxygen atoms in total. The Kier molecular flexibility index (Phi) is 4.39. The summed E-state index contributed by atoms with van der Waals surface area (Å²) in [5.41, 5.74) is 2.90. The molecule has 1 aromatic rings. The van der Waals surface area contributed by atoms with Crippen molar-refractivity contribution in [3.8, 4) is 0 Å². The summed E-state index contributed by atoms with van der Waals surface area (Å²) in [6, 6.07) is 9.63. The number of hydrogen-bond donors (Lipinski definition) is 1. The quantitative estimate of drug-likeness (QED) is 0.893. The molecule has 0 aromatic heterocycles. The second-order valence-electron chi connectivity index (χ2n) is 6.08. The van der Waals surface area contributed by atoms with E-state index in [2.05, 4.69) is 48.5 Å². The van der Waals surface area contributed by atoms with Crippen molar-refractivity contribution in [3.05, 3.63) is 35.4 Å². The number of morpholine rings is 1. The lowest BCUT2D eigenvalue weighted by atomic mass is 9.96. The number of ether oxygens (including phenoxy) is 1. The first kappa shape index (κ1) is 14.1. The van der Waals surface area contributed by atoms with Crippen LogP contribution in [-0.2, 0) is 4.74 Å². The third kappa shape index (κ3) is 3.05. The van der Waals surface area contributed by atoms with E-state index in [0.29, 0.717) is 6.04 Å². The van der Waals surface area contributed by atoms with E-state index >= 15 is 0 Å². The highest BCUT2D eigenvalue weighted by atomic mass is 16.5. The van der Waals surface area contributed by atoms with Gasteiger partial charge in [-0.3, -0.25) is 4.90 Å². The summed E-state index contributed by atoms with van der Waals surface area (Å²) in [5, 5.41) is 3.43. The van der Waals surface area contributed by atoms with E-state index in [1.54, 1.807) is 0 Å². The van der Waals surface area contributed by atoms with Crippen molar-refractivity contribution in [2.45, 2.75) is 37.8 Å². The van der Waals surface area contributed by atoms with Gasteiger partial charge >= 0.3 is 0 Å². The summed E-state index contributed by atoms with van der Waals surface area (Å²) in [4.78, 5) is 2.43. The van der Waals surface area contributed by atoms with Crippen LogP contribution in [0.3, 0.4) is 0 Å². The van der Waals surface area contributed by atoms with Gasteiger partial charge in [0.05, 0.1) is 18.8 Å². The number of likely N-dealkylation sites (N-methyl/N-ethyl adjacent to an activating group) is 2. The van der Waals surface area contributed by atoms with Gasteiger partial charge in [-0.15, -0.1) is 0 Å². The molecule has 1 aliphatic heterocycles. The van der Waals surface area contributed by atoms with E-state index in [4.69, 9.17) is 4.74 Å². The van der Waals surface area contributed by atoms with E-state index in [9.17, 15) is 0 Å². The lowest BCUT2D eigenvalue weighted by Crippen LogP contribution is -2.47. The first-order chi connectivity index (χ1) is 9.79. The van der Waals surface area contributed by atoms with E-state index in [0.717, 1.165) is 32.2 Å². The highest BCUT2D eigenvalue weighted by Crippen LogP contribution is 2.40. The molecule has 2 unspecified atom stereocenters. The van der Waals surface area contributed by atoms with Gasteiger partial charge in [-0.2, -0.15) is 0 Å². The predicted octanol–water partition coefficient (Wildman–Crippen LogP) is 2.55. The van der Waals surface area contributed by atoms with Crippen LogP contribution in [0, 0.1) is 0 Å². The summed E-state index contributed by atoms with van der Waals surface area (Å²) in [7, 11) is 2.21. The molecule has 1 aromatic carbocycles. The molecule has 110 valence electrons. The zero-order valence-electron chi connectivity index (χ0n) is 12.6. The summed E-state index contributed by atoms with van der Waals surface area (Å²) in [6.07, 6.45) is 2.99. The van der Waals surface area contributed by atoms with Gasteiger partial charge in [0, 0.05) is 13.1 Å². The lowest BCUT2D eigenvalue weighted by molar-refractivity contribution is -0.0611. The Morgan fingerprint density at radius 2 is 1.90 bits per heavy atom. The Morgan fingerprint density at radius 3 is 2.55 bits per heavy atom. The van der Waals surface area contributed by atoms with Crippen molar-refractivity contribution in [2.24, 2.45) is 0 Å². The third-order valence-electron chi connectivity index (χ3n) is 4.53. The van der Waals surface area contributed by atoms with E-state index in [-0.39, 0.29) is 6.10 Å². The molecule has 0 bridgehead atoms. The highest BCUT2D eigenvalue weighted by molar-refractivity contribution is 5.30. The molecule has 2 atom stereocenters. The average Bonchev–Trinajstić information content (AvgIpc) is 3.30. The fourth-order valence-corrected chi connectivity index (χ4v) is 3.17. The van der Waals surface area contributed by atoms with Crippen molar-refractivity contribution in [3.63, 3.8) is 0 Å². The molecule has 2 fully saturated rings. The van der Waals surface area contributed by atoms with Gasteiger partial charge < -0.3 is 10.1 Å². The van der Waals surface area contributed by atoms with Gasteiger partial charge in [-0.05, 0) is 43.5 Å². The van der Waals surface area contributed by atoms with E-state index < -0.39 is 0 Å². The minimum atomic E-state index is 0.250. The molecule has 2 aliphatic rings. The zero-order valence-corrected chi connectivity index (χ0v) is 12.6. The SMILES string of the molecule is CCNCC1OCCN(C)C1c1ccc(C2CC2)cc1. The minimum Gasteiger partial charge on any atom is -0.374 e. The van der Waals surface area contributed by atoms with Crippen LogP contribution in [0.1, 0.15) is 42.9 Å². The molecule has 1 N–H and O–H groups in total. The number of nitrogens with zero attached hydrogens (tertiary/aromatic N) is 1. The molecule has 1 aliphatic carbocycles. The van der Waals surface area contributed by atoms with Crippen molar-refractivity contribution in [1.82, 2.24) is 10.2 Å². The van der Waals surface area contributed by atoms with E-state index in [1.165, 1.54) is 24.0 Å². The van der Waals surface area contributed by atoms with Crippen molar-refractivity contribution in [2.75, 3.05) is 33.3 Å². The third-order valence-corrected chi connectivity index (χ3v) is 4.53. The van der Waals surface area contributed by atoms with Crippen LogP contribution < -0.4 is 5.32 Å². The normalized spacial score (nSPS) is 27.7. The highest BCUT2D eigenvalue weighted by Gasteiger charge is 2.31. The zero-order chi connectivity index (χ0) is 13.9. The van der Waals surface area contributed by atoms with Crippen LogP contribution in [0.25, 0.3) is 0 Å². The molecule has 1 saturated carbocycles. The Morgan fingerprint density at radius 1 is 1.20 bits per heavy atom. The van der Waals surface area contributed by atoms with Crippen molar-refractivity contribution < 1.29 is 4.74 Å². The summed E-state index contributed by atoms with van der Waals surface area (Å²) in [6.45, 7) is 5.92. The van der Waals surface area contributed by atoms with Crippen LogP contribution in [0.4, 0.5) is 0 Å². The van der Waals surface area contributed by atoms with Crippen LogP contribution in [0.5, 0.6) is 0 Å². The van der Waals surface area contributed by atoms with Gasteiger partial charge in [0.15, 0.2) is 0 Å². The second-order valence-corrected chi connectivity index (χ2v) is 6.08. The number of benzene rings is 1. The molecular weight excluding hydrogens is 248 g/mol. The molecule has 1 saturated heterocycles. The second kappa shape index (κ2) is 6.25. The molecule has 0 spiro atoms. The van der Waals surface area contributed by atoms with Crippen molar-refractivity contribution >= 4 is 0 Å². The summed E-state index contributed by atoms with van der Waals surface area (Å²) in [5.74, 6) is 0.835. The van der Waals surface area contributed by atoms with Crippen LogP contribution in [-0.4, -0.2) is 44.3 Å². The Bertz CT molecular complexity index is 427. The van der Waals surface area contributed by atoms with E-state index in [1.807, 2.05) is 0 Å². The maximum absolute atomic E-state index is 6.00.